The van der Waals surface area contributed by atoms with Crippen molar-refractivity contribution in [3.05, 3.63) is 23.6 Å². The maximum absolute atomic E-state index is 11.1. The van der Waals surface area contributed by atoms with E-state index in [1.165, 1.54) is 4.80 Å². The normalized spacial score (nSPS) is 11.1. The summed E-state index contributed by atoms with van der Waals surface area (Å²) in [4.78, 5) is 12.5. The molecule has 0 fully saturated rings. The van der Waals surface area contributed by atoms with Crippen LogP contribution in [0.4, 0.5) is 0 Å². The average Bonchev–Trinajstić information content (AvgIpc) is 2.82. The van der Waals surface area contributed by atoms with E-state index >= 15 is 0 Å². The van der Waals surface area contributed by atoms with Crippen LogP contribution in [0.5, 0.6) is 0 Å². The molecule has 0 saturated heterocycles. The van der Waals surface area contributed by atoms with Crippen LogP contribution in [0.25, 0.3) is 11.5 Å². The number of rotatable bonds is 3. The van der Waals surface area contributed by atoms with Gasteiger partial charge >= 0.3 is 5.97 Å². The molecule has 0 spiro atoms. The zero-order valence-corrected chi connectivity index (χ0v) is 9.84. The van der Waals surface area contributed by atoms with Crippen LogP contribution in [-0.4, -0.2) is 26.1 Å². The summed E-state index contributed by atoms with van der Waals surface area (Å²) >= 11 is 0. The molecule has 2 rings (SSSR count). The molecule has 0 unspecified atom stereocenters. The molecule has 2 aromatic rings. The maximum Gasteiger partial charge on any atom is 0.358 e. The second-order valence-corrected chi connectivity index (χ2v) is 4.03. The van der Waals surface area contributed by atoms with E-state index in [2.05, 4.69) is 10.2 Å². The summed E-state index contributed by atoms with van der Waals surface area (Å²) in [6, 6.07) is 3.45. The summed E-state index contributed by atoms with van der Waals surface area (Å²) in [7, 11) is 0. The molecule has 0 bridgehead atoms. The van der Waals surface area contributed by atoms with E-state index in [0.29, 0.717) is 11.5 Å². The Morgan fingerprint density at radius 1 is 1.41 bits per heavy atom. The Morgan fingerprint density at radius 2 is 2.12 bits per heavy atom. The van der Waals surface area contributed by atoms with E-state index in [1.54, 1.807) is 19.1 Å². The van der Waals surface area contributed by atoms with Gasteiger partial charge in [-0.1, -0.05) is 0 Å². The molecule has 0 radical (unpaired) electrons. The zero-order chi connectivity index (χ0) is 12.6. The van der Waals surface area contributed by atoms with Crippen molar-refractivity contribution in [2.45, 2.75) is 26.8 Å². The molecule has 90 valence electrons. The van der Waals surface area contributed by atoms with Crippen LogP contribution >= 0.6 is 0 Å². The molecule has 0 amide bonds. The predicted octanol–water partition coefficient (Wildman–Crippen LogP) is 2.13. The van der Waals surface area contributed by atoms with Gasteiger partial charge in [-0.3, -0.25) is 0 Å². The Kier molecular flexibility index (Phi) is 2.71. The lowest BCUT2D eigenvalue weighted by molar-refractivity contribution is 0.0690. The second-order valence-electron chi connectivity index (χ2n) is 4.03. The molecule has 0 aliphatic heterocycles. The number of aromatic nitrogens is 3. The molecule has 1 N–H and O–H groups in total. The highest BCUT2D eigenvalue weighted by Crippen LogP contribution is 2.23. The molecule has 0 atom stereocenters. The van der Waals surface area contributed by atoms with Crippen LogP contribution in [0.3, 0.4) is 0 Å². The van der Waals surface area contributed by atoms with E-state index in [4.69, 9.17) is 9.52 Å². The highest BCUT2D eigenvalue weighted by atomic mass is 16.4. The first-order chi connectivity index (χ1) is 7.99. The van der Waals surface area contributed by atoms with E-state index < -0.39 is 5.97 Å². The lowest BCUT2D eigenvalue weighted by Gasteiger charge is -2.00. The topological polar surface area (TPSA) is 81.2 Å². The molecule has 6 heteroatoms. The van der Waals surface area contributed by atoms with Crippen molar-refractivity contribution in [2.75, 3.05) is 0 Å². The van der Waals surface area contributed by atoms with Crippen LogP contribution in [-0.2, 0) is 0 Å². The quantitative estimate of drug-likeness (QED) is 0.881. The number of aromatic carboxylic acids is 1. The number of furan rings is 1. The summed E-state index contributed by atoms with van der Waals surface area (Å²) in [6.45, 7) is 5.54. The highest BCUT2D eigenvalue weighted by molar-refractivity contribution is 5.91. The van der Waals surface area contributed by atoms with Gasteiger partial charge in [0.05, 0.1) is 6.04 Å². The smallest absolute Gasteiger partial charge is 0.358 e. The minimum absolute atomic E-state index is 0.00194. The molecule has 0 saturated carbocycles. The Balaban J connectivity index is 2.55. The SMILES string of the molecule is Cc1ccc(-c2nn(C(C)C)nc2C(=O)O)o1. The van der Waals surface area contributed by atoms with Crippen LogP contribution < -0.4 is 0 Å². The van der Waals surface area contributed by atoms with Crippen molar-refractivity contribution in [2.24, 2.45) is 0 Å². The fraction of sp³-hybridized carbons (Fsp3) is 0.364. The second kappa shape index (κ2) is 4.04. The summed E-state index contributed by atoms with van der Waals surface area (Å²) in [5.74, 6) is 0.0168. The molecular formula is C11H13N3O3. The van der Waals surface area contributed by atoms with Gasteiger partial charge in [0.15, 0.2) is 11.5 Å². The van der Waals surface area contributed by atoms with Gasteiger partial charge in [0.25, 0.3) is 0 Å². The predicted molar refractivity (Wildman–Crippen MR) is 59.8 cm³/mol. The number of aryl methyl sites for hydroxylation is 1. The van der Waals surface area contributed by atoms with Gasteiger partial charge in [-0.25, -0.2) is 4.79 Å². The third-order valence-electron chi connectivity index (χ3n) is 2.27. The average molecular weight is 235 g/mol. The Morgan fingerprint density at radius 3 is 2.59 bits per heavy atom. The Hall–Kier alpha value is -2.11. The molecule has 6 nitrogen and oxygen atoms in total. The number of nitrogens with zero attached hydrogens (tertiary/aromatic N) is 3. The van der Waals surface area contributed by atoms with E-state index in [0.717, 1.165) is 0 Å². The molecular weight excluding hydrogens is 222 g/mol. The minimum atomic E-state index is -1.11. The first-order valence-corrected chi connectivity index (χ1v) is 5.26. The standard InChI is InChI=1S/C11H13N3O3/c1-6(2)14-12-9(10(13-14)11(15)16)8-5-4-7(3)17-8/h4-6H,1-3H3,(H,15,16). The number of carbonyl (C=O) groups is 1. The first kappa shape index (κ1) is 11.4. The van der Waals surface area contributed by atoms with Crippen molar-refractivity contribution >= 4 is 5.97 Å². The monoisotopic (exact) mass is 235 g/mol. The van der Waals surface area contributed by atoms with Crippen LogP contribution in [0.1, 0.15) is 36.1 Å². The maximum atomic E-state index is 11.1. The fourth-order valence-electron chi connectivity index (χ4n) is 1.42. The number of carboxylic acids is 1. The van der Waals surface area contributed by atoms with Crippen molar-refractivity contribution in [1.82, 2.24) is 15.0 Å². The molecule has 17 heavy (non-hydrogen) atoms. The fourth-order valence-corrected chi connectivity index (χ4v) is 1.42. The third kappa shape index (κ3) is 2.06. The van der Waals surface area contributed by atoms with E-state index in [9.17, 15) is 4.79 Å². The molecule has 2 aromatic heterocycles. The van der Waals surface area contributed by atoms with Crippen molar-refractivity contribution < 1.29 is 14.3 Å². The molecule has 2 heterocycles. The number of hydrogen-bond donors (Lipinski definition) is 1. The lowest BCUT2D eigenvalue weighted by Crippen LogP contribution is -2.06. The van der Waals surface area contributed by atoms with Gasteiger partial charge in [0, 0.05) is 0 Å². The van der Waals surface area contributed by atoms with Crippen molar-refractivity contribution in [3.63, 3.8) is 0 Å². The summed E-state index contributed by atoms with van der Waals surface area (Å²) in [5.41, 5.74) is 0.173. The highest BCUT2D eigenvalue weighted by Gasteiger charge is 2.22. The van der Waals surface area contributed by atoms with Crippen LogP contribution in [0, 0.1) is 6.92 Å². The third-order valence-corrected chi connectivity index (χ3v) is 2.27. The van der Waals surface area contributed by atoms with Gasteiger partial charge in [-0.2, -0.15) is 4.80 Å². The number of hydrogen-bond acceptors (Lipinski definition) is 4. The summed E-state index contributed by atoms with van der Waals surface area (Å²) in [6.07, 6.45) is 0. The Labute approximate surface area is 97.9 Å². The summed E-state index contributed by atoms with van der Waals surface area (Å²) < 4.78 is 5.37. The molecule has 0 aliphatic carbocycles. The van der Waals surface area contributed by atoms with E-state index in [1.807, 2.05) is 13.8 Å². The molecule has 0 aliphatic rings. The van der Waals surface area contributed by atoms with Gasteiger partial charge in [-0.05, 0) is 32.9 Å². The largest absolute Gasteiger partial charge is 0.476 e. The Bertz CT molecular complexity index is 554. The number of carboxylic acid groups (broad SMARTS) is 1. The summed E-state index contributed by atoms with van der Waals surface area (Å²) in [5, 5.41) is 17.2. The van der Waals surface area contributed by atoms with Gasteiger partial charge in [0.1, 0.15) is 5.76 Å². The van der Waals surface area contributed by atoms with Crippen molar-refractivity contribution in [3.8, 4) is 11.5 Å². The van der Waals surface area contributed by atoms with Crippen molar-refractivity contribution in [1.29, 1.82) is 0 Å². The first-order valence-electron chi connectivity index (χ1n) is 5.26. The molecule has 0 aromatic carbocycles. The van der Waals surface area contributed by atoms with E-state index in [-0.39, 0.29) is 17.4 Å². The zero-order valence-electron chi connectivity index (χ0n) is 9.84. The van der Waals surface area contributed by atoms with Gasteiger partial charge < -0.3 is 9.52 Å². The van der Waals surface area contributed by atoms with Gasteiger partial charge in [-0.15, -0.1) is 10.2 Å². The van der Waals surface area contributed by atoms with Crippen LogP contribution in [0.15, 0.2) is 16.5 Å². The lowest BCUT2D eigenvalue weighted by atomic mass is 10.2. The van der Waals surface area contributed by atoms with Crippen LogP contribution in [0.2, 0.25) is 0 Å². The van der Waals surface area contributed by atoms with Gasteiger partial charge in [0.2, 0.25) is 5.69 Å². The minimum Gasteiger partial charge on any atom is -0.476 e.